The smallest absolute Gasteiger partial charge is 0.177 e. The Hall–Kier alpha value is -3.49. The molecule has 4 aromatic heterocycles. The highest BCUT2D eigenvalue weighted by atomic mass is 15.4. The minimum atomic E-state index is 0.773. The van der Waals surface area contributed by atoms with Crippen molar-refractivity contribution in [2.75, 3.05) is 22.9 Å². The lowest BCUT2D eigenvalue weighted by atomic mass is 10.0. The van der Waals surface area contributed by atoms with Gasteiger partial charge >= 0.3 is 0 Å². The van der Waals surface area contributed by atoms with Gasteiger partial charge in [0.2, 0.25) is 0 Å². The number of pyridine rings is 1. The van der Waals surface area contributed by atoms with Gasteiger partial charge in [0.05, 0.1) is 18.1 Å². The molecule has 6 heterocycles. The summed E-state index contributed by atoms with van der Waals surface area (Å²) in [6.45, 7) is 5.74. The summed E-state index contributed by atoms with van der Waals surface area (Å²) in [5, 5.41) is 17.2. The van der Waals surface area contributed by atoms with Crippen molar-refractivity contribution in [2.24, 2.45) is 0 Å². The average Bonchev–Trinajstić information content (AvgIpc) is 3.41. The molecular formula is C20H21N9. The average molecular weight is 387 g/mol. The normalized spacial score (nSPS) is 16.2. The monoisotopic (exact) mass is 387 g/mol. The molecule has 9 heteroatoms. The molecule has 0 amide bonds. The Morgan fingerprint density at radius 1 is 1.10 bits per heavy atom. The van der Waals surface area contributed by atoms with Crippen LogP contribution in [-0.4, -0.2) is 47.7 Å². The lowest BCUT2D eigenvalue weighted by Gasteiger charge is -2.33. The number of rotatable bonds is 2. The molecule has 146 valence electrons. The molecule has 0 saturated carbocycles. The lowest BCUT2D eigenvalue weighted by Crippen LogP contribution is -2.33. The maximum Gasteiger partial charge on any atom is 0.177 e. The van der Waals surface area contributed by atoms with Crippen molar-refractivity contribution in [3.8, 4) is 0 Å². The maximum absolute atomic E-state index is 4.80. The number of aromatic nitrogens is 7. The molecule has 0 radical (unpaired) electrons. The van der Waals surface area contributed by atoms with E-state index in [0.29, 0.717) is 0 Å². The number of aryl methyl sites for hydroxylation is 2. The third kappa shape index (κ3) is 2.65. The summed E-state index contributed by atoms with van der Waals surface area (Å²) < 4.78 is 3.80. The summed E-state index contributed by atoms with van der Waals surface area (Å²) in [7, 11) is 0. The predicted octanol–water partition coefficient (Wildman–Crippen LogP) is 2.13. The second kappa shape index (κ2) is 6.26. The summed E-state index contributed by atoms with van der Waals surface area (Å²) in [6, 6.07) is 6.39. The fourth-order valence-electron chi connectivity index (χ4n) is 4.39. The Morgan fingerprint density at radius 3 is 3.03 bits per heavy atom. The molecule has 0 atom stereocenters. The molecule has 0 fully saturated rings. The highest BCUT2D eigenvalue weighted by molar-refractivity contribution is 5.62. The van der Waals surface area contributed by atoms with Crippen LogP contribution in [0.1, 0.15) is 23.2 Å². The first-order valence-corrected chi connectivity index (χ1v) is 9.96. The third-order valence-corrected chi connectivity index (χ3v) is 5.82. The molecule has 0 aromatic carbocycles. The van der Waals surface area contributed by atoms with Gasteiger partial charge in [-0.05, 0) is 36.6 Å². The van der Waals surface area contributed by atoms with Crippen molar-refractivity contribution in [1.29, 1.82) is 0 Å². The van der Waals surface area contributed by atoms with Crippen molar-refractivity contribution in [3.05, 3.63) is 53.7 Å². The van der Waals surface area contributed by atoms with Crippen LogP contribution in [0.4, 0.5) is 17.3 Å². The molecule has 0 spiro atoms. The zero-order valence-electron chi connectivity index (χ0n) is 16.2. The van der Waals surface area contributed by atoms with Gasteiger partial charge in [0.25, 0.3) is 0 Å². The highest BCUT2D eigenvalue weighted by Crippen LogP contribution is 2.32. The summed E-state index contributed by atoms with van der Waals surface area (Å²) in [6.07, 6.45) is 7.52. The largest absolute Gasteiger partial charge is 0.350 e. The Labute approximate surface area is 167 Å². The molecule has 0 aliphatic carbocycles. The van der Waals surface area contributed by atoms with Gasteiger partial charge in [-0.25, -0.2) is 4.68 Å². The van der Waals surface area contributed by atoms with E-state index in [4.69, 9.17) is 10.1 Å². The second-order valence-corrected chi connectivity index (χ2v) is 7.67. The van der Waals surface area contributed by atoms with Gasteiger partial charge in [-0.1, -0.05) is 0 Å². The van der Waals surface area contributed by atoms with Crippen LogP contribution in [0.3, 0.4) is 0 Å². The topological polar surface area (TPSA) is 80.3 Å². The van der Waals surface area contributed by atoms with Crippen LogP contribution in [0.15, 0.2) is 36.9 Å². The van der Waals surface area contributed by atoms with E-state index in [0.717, 1.165) is 67.6 Å². The zero-order valence-corrected chi connectivity index (χ0v) is 16.2. The lowest BCUT2D eigenvalue weighted by molar-refractivity contribution is 0.541. The highest BCUT2D eigenvalue weighted by Gasteiger charge is 2.24. The van der Waals surface area contributed by atoms with Crippen molar-refractivity contribution >= 4 is 23.0 Å². The standard InChI is InChI=1S/C20H21N9/c1-14-9-18-24-22-13-29(18)25-20(14)26-8-4-17-15(12-26)10-16(11-21-17)27-6-2-7-28-19(27)3-5-23-28/h3,5,9-11,13H,2,4,6-8,12H2,1H3. The van der Waals surface area contributed by atoms with Gasteiger partial charge < -0.3 is 9.80 Å². The first kappa shape index (κ1) is 16.5. The van der Waals surface area contributed by atoms with Crippen LogP contribution in [0.2, 0.25) is 0 Å². The Bertz CT molecular complexity index is 1210. The number of nitrogens with zero attached hydrogens (tertiary/aromatic N) is 9. The molecular weight excluding hydrogens is 366 g/mol. The molecule has 2 aliphatic heterocycles. The van der Waals surface area contributed by atoms with Crippen LogP contribution in [-0.2, 0) is 19.5 Å². The number of anilines is 3. The number of hydrogen-bond donors (Lipinski definition) is 0. The molecule has 6 rings (SSSR count). The molecule has 29 heavy (non-hydrogen) atoms. The second-order valence-electron chi connectivity index (χ2n) is 7.67. The van der Waals surface area contributed by atoms with Gasteiger partial charge in [0.15, 0.2) is 11.5 Å². The minimum Gasteiger partial charge on any atom is -0.350 e. The summed E-state index contributed by atoms with van der Waals surface area (Å²) >= 11 is 0. The van der Waals surface area contributed by atoms with E-state index in [9.17, 15) is 0 Å². The van der Waals surface area contributed by atoms with E-state index in [2.05, 4.69) is 48.8 Å². The van der Waals surface area contributed by atoms with Crippen molar-refractivity contribution < 1.29 is 0 Å². The van der Waals surface area contributed by atoms with Crippen LogP contribution >= 0.6 is 0 Å². The fraction of sp³-hybridized carbons (Fsp3) is 0.350. The Morgan fingerprint density at radius 2 is 2.07 bits per heavy atom. The van der Waals surface area contributed by atoms with E-state index < -0.39 is 0 Å². The third-order valence-electron chi connectivity index (χ3n) is 5.82. The molecule has 2 aliphatic rings. The van der Waals surface area contributed by atoms with E-state index in [-0.39, 0.29) is 0 Å². The van der Waals surface area contributed by atoms with Crippen LogP contribution < -0.4 is 9.80 Å². The zero-order chi connectivity index (χ0) is 19.4. The van der Waals surface area contributed by atoms with Crippen molar-refractivity contribution in [2.45, 2.75) is 32.9 Å². The summed E-state index contributed by atoms with van der Waals surface area (Å²) in [5.41, 5.74) is 5.45. The van der Waals surface area contributed by atoms with E-state index in [1.165, 1.54) is 11.3 Å². The first-order chi connectivity index (χ1) is 14.3. The van der Waals surface area contributed by atoms with Crippen molar-refractivity contribution in [3.63, 3.8) is 0 Å². The van der Waals surface area contributed by atoms with E-state index in [1.807, 2.05) is 18.5 Å². The summed E-state index contributed by atoms with van der Waals surface area (Å²) in [5.74, 6) is 2.12. The van der Waals surface area contributed by atoms with Crippen LogP contribution in [0, 0.1) is 6.92 Å². The van der Waals surface area contributed by atoms with E-state index >= 15 is 0 Å². The van der Waals surface area contributed by atoms with Gasteiger partial charge in [-0.15, -0.1) is 15.3 Å². The van der Waals surface area contributed by atoms with Crippen molar-refractivity contribution in [1.82, 2.24) is 34.6 Å². The SMILES string of the molecule is Cc1cc2nncn2nc1N1CCc2ncc(N3CCCn4nccc43)cc2C1. The molecule has 0 bridgehead atoms. The minimum absolute atomic E-state index is 0.773. The van der Waals surface area contributed by atoms with E-state index in [1.54, 1.807) is 10.8 Å². The fourth-order valence-corrected chi connectivity index (χ4v) is 4.39. The predicted molar refractivity (Wildman–Crippen MR) is 108 cm³/mol. The van der Waals surface area contributed by atoms with Gasteiger partial charge in [-0.3, -0.25) is 4.98 Å². The number of hydrogen-bond acceptors (Lipinski definition) is 7. The summed E-state index contributed by atoms with van der Waals surface area (Å²) in [4.78, 5) is 9.44. The first-order valence-electron chi connectivity index (χ1n) is 9.96. The molecule has 0 unspecified atom stereocenters. The number of fused-ring (bicyclic) bond motifs is 3. The van der Waals surface area contributed by atoms with Crippen LogP contribution in [0.25, 0.3) is 5.65 Å². The molecule has 4 aromatic rings. The van der Waals surface area contributed by atoms with Gasteiger partial charge in [0, 0.05) is 44.4 Å². The quantitative estimate of drug-likeness (QED) is 0.521. The van der Waals surface area contributed by atoms with Gasteiger partial charge in [0.1, 0.15) is 12.1 Å². The molecule has 0 N–H and O–H groups in total. The Kier molecular flexibility index (Phi) is 3.56. The van der Waals surface area contributed by atoms with Crippen LogP contribution in [0.5, 0.6) is 0 Å². The maximum atomic E-state index is 4.80. The molecule has 9 nitrogen and oxygen atoms in total. The molecule has 0 saturated heterocycles. The Balaban J connectivity index is 1.34. The van der Waals surface area contributed by atoms with Gasteiger partial charge in [-0.2, -0.15) is 9.61 Å².